The third-order valence-electron chi connectivity index (χ3n) is 4.03. The Morgan fingerprint density at radius 3 is 2.83 bits per heavy atom. The van der Waals surface area contributed by atoms with Crippen molar-refractivity contribution >= 4 is 17.5 Å². The van der Waals surface area contributed by atoms with Crippen LogP contribution in [0.25, 0.3) is 0 Å². The van der Waals surface area contributed by atoms with Crippen molar-refractivity contribution in [3.8, 4) is 0 Å². The maximum atomic E-state index is 12.3. The second-order valence-corrected chi connectivity index (χ2v) is 5.82. The normalized spacial score (nSPS) is 17.3. The Morgan fingerprint density at radius 2 is 2.09 bits per heavy atom. The van der Waals surface area contributed by atoms with Gasteiger partial charge in [0.05, 0.1) is 5.92 Å². The molecule has 1 fully saturated rings. The van der Waals surface area contributed by atoms with E-state index in [9.17, 15) is 9.59 Å². The van der Waals surface area contributed by atoms with Crippen molar-refractivity contribution in [3.63, 3.8) is 0 Å². The molecule has 118 valence electrons. The van der Waals surface area contributed by atoms with Gasteiger partial charge < -0.3 is 10.2 Å². The van der Waals surface area contributed by atoms with Gasteiger partial charge in [-0.15, -0.1) is 0 Å². The summed E-state index contributed by atoms with van der Waals surface area (Å²) < 4.78 is 0. The fraction of sp³-hybridized carbons (Fsp3) is 0.278. The maximum absolute atomic E-state index is 12.3. The second kappa shape index (κ2) is 6.60. The van der Waals surface area contributed by atoms with Gasteiger partial charge in [-0.2, -0.15) is 0 Å². The summed E-state index contributed by atoms with van der Waals surface area (Å²) in [6, 6.07) is 11.5. The van der Waals surface area contributed by atoms with E-state index < -0.39 is 0 Å². The van der Waals surface area contributed by atoms with Gasteiger partial charge in [0, 0.05) is 37.6 Å². The van der Waals surface area contributed by atoms with Crippen LogP contribution in [0.1, 0.15) is 17.5 Å². The fourth-order valence-electron chi connectivity index (χ4n) is 2.76. The summed E-state index contributed by atoms with van der Waals surface area (Å²) in [5.74, 6) is -0.380. The van der Waals surface area contributed by atoms with Crippen molar-refractivity contribution < 1.29 is 9.59 Å². The van der Waals surface area contributed by atoms with Gasteiger partial charge in [-0.1, -0.05) is 12.1 Å². The van der Waals surface area contributed by atoms with Crippen LogP contribution in [-0.2, 0) is 16.1 Å². The Labute approximate surface area is 135 Å². The third-order valence-corrected chi connectivity index (χ3v) is 4.03. The quantitative estimate of drug-likeness (QED) is 0.940. The van der Waals surface area contributed by atoms with E-state index in [-0.39, 0.29) is 24.2 Å². The number of aryl methyl sites for hydroxylation is 1. The molecule has 5 heteroatoms. The number of pyridine rings is 1. The minimum absolute atomic E-state index is 0.000314. The highest BCUT2D eigenvalue weighted by Gasteiger charge is 2.34. The molecule has 1 aliphatic heterocycles. The van der Waals surface area contributed by atoms with Crippen molar-refractivity contribution in [1.29, 1.82) is 0 Å². The predicted molar refractivity (Wildman–Crippen MR) is 87.7 cm³/mol. The summed E-state index contributed by atoms with van der Waals surface area (Å²) in [7, 11) is 0. The van der Waals surface area contributed by atoms with Gasteiger partial charge >= 0.3 is 0 Å². The summed E-state index contributed by atoms with van der Waals surface area (Å²) in [4.78, 5) is 30.2. The third kappa shape index (κ3) is 3.56. The van der Waals surface area contributed by atoms with Crippen LogP contribution < -0.4 is 10.2 Å². The zero-order valence-electron chi connectivity index (χ0n) is 13.0. The molecule has 0 spiro atoms. The lowest BCUT2D eigenvalue weighted by Gasteiger charge is -2.17. The lowest BCUT2D eigenvalue weighted by molar-refractivity contribution is -0.126. The molecular weight excluding hydrogens is 290 g/mol. The average Bonchev–Trinajstić information content (AvgIpc) is 2.95. The Bertz CT molecular complexity index is 715. The molecule has 23 heavy (non-hydrogen) atoms. The highest BCUT2D eigenvalue weighted by Crippen LogP contribution is 2.25. The van der Waals surface area contributed by atoms with Crippen molar-refractivity contribution in [3.05, 3.63) is 59.9 Å². The van der Waals surface area contributed by atoms with Gasteiger partial charge in [-0.25, -0.2) is 0 Å². The highest BCUT2D eigenvalue weighted by atomic mass is 16.2. The molecule has 0 radical (unpaired) electrons. The van der Waals surface area contributed by atoms with Gasteiger partial charge in [0.2, 0.25) is 11.8 Å². The van der Waals surface area contributed by atoms with Gasteiger partial charge in [-0.3, -0.25) is 14.6 Å². The first-order valence-corrected chi connectivity index (χ1v) is 7.67. The fourth-order valence-corrected chi connectivity index (χ4v) is 2.76. The molecule has 1 aliphatic rings. The van der Waals surface area contributed by atoms with E-state index in [1.54, 1.807) is 17.3 Å². The number of hydrogen-bond acceptors (Lipinski definition) is 3. The van der Waals surface area contributed by atoms with E-state index >= 15 is 0 Å². The SMILES string of the molecule is Cc1cccc(N2CC(C(=O)NCc3ccncc3)CC2=O)c1. The summed E-state index contributed by atoms with van der Waals surface area (Å²) in [6.45, 7) is 2.88. The average molecular weight is 309 g/mol. The van der Waals surface area contributed by atoms with Gasteiger partial charge in [0.1, 0.15) is 0 Å². The van der Waals surface area contributed by atoms with Gasteiger partial charge in [-0.05, 0) is 42.3 Å². The monoisotopic (exact) mass is 309 g/mol. The Morgan fingerprint density at radius 1 is 1.30 bits per heavy atom. The predicted octanol–water partition coefficient (Wildman–Crippen LogP) is 2.06. The summed E-state index contributed by atoms with van der Waals surface area (Å²) in [6.07, 6.45) is 3.65. The number of benzene rings is 1. The molecule has 1 unspecified atom stereocenters. The Kier molecular flexibility index (Phi) is 4.37. The van der Waals surface area contributed by atoms with Gasteiger partial charge in [0.25, 0.3) is 0 Å². The molecular formula is C18H19N3O2. The molecule has 2 amide bonds. The highest BCUT2D eigenvalue weighted by molar-refractivity contribution is 6.00. The zero-order chi connectivity index (χ0) is 16.2. The maximum Gasteiger partial charge on any atom is 0.227 e. The number of carbonyl (C=O) groups is 2. The van der Waals surface area contributed by atoms with E-state index in [1.165, 1.54) is 0 Å². The van der Waals surface area contributed by atoms with Crippen LogP contribution in [0.15, 0.2) is 48.8 Å². The van der Waals surface area contributed by atoms with Crippen LogP contribution in [0.3, 0.4) is 0 Å². The number of nitrogens with one attached hydrogen (secondary N) is 1. The topological polar surface area (TPSA) is 62.3 Å². The standard InChI is InChI=1S/C18H19N3O2/c1-13-3-2-4-16(9-13)21-12-15(10-17(21)22)18(23)20-11-14-5-7-19-8-6-14/h2-9,15H,10-12H2,1H3,(H,20,23). The first-order valence-electron chi connectivity index (χ1n) is 7.67. The van der Waals surface area contributed by atoms with Crippen molar-refractivity contribution in [2.24, 2.45) is 5.92 Å². The molecule has 1 aromatic heterocycles. The largest absolute Gasteiger partial charge is 0.352 e. The van der Waals surface area contributed by atoms with Gasteiger partial charge in [0.15, 0.2) is 0 Å². The van der Waals surface area contributed by atoms with Crippen molar-refractivity contribution in [2.45, 2.75) is 19.9 Å². The first-order chi connectivity index (χ1) is 11.1. The molecule has 0 aliphatic carbocycles. The van der Waals surface area contributed by atoms with E-state index in [1.807, 2.05) is 43.3 Å². The van der Waals surface area contributed by atoms with Crippen LogP contribution >= 0.6 is 0 Å². The molecule has 1 aromatic carbocycles. The summed E-state index contributed by atoms with van der Waals surface area (Å²) in [5, 5.41) is 2.90. The van der Waals surface area contributed by atoms with Crippen LogP contribution in [0.5, 0.6) is 0 Å². The summed E-state index contributed by atoms with van der Waals surface area (Å²) >= 11 is 0. The zero-order valence-corrected chi connectivity index (χ0v) is 13.0. The second-order valence-electron chi connectivity index (χ2n) is 5.82. The van der Waals surface area contributed by atoms with E-state index in [0.717, 1.165) is 16.8 Å². The number of anilines is 1. The van der Waals surface area contributed by atoms with Crippen LogP contribution in [0.2, 0.25) is 0 Å². The molecule has 5 nitrogen and oxygen atoms in total. The minimum Gasteiger partial charge on any atom is -0.352 e. The molecule has 3 rings (SSSR count). The lowest BCUT2D eigenvalue weighted by Crippen LogP contribution is -2.32. The molecule has 1 N–H and O–H groups in total. The van der Waals surface area contributed by atoms with Crippen molar-refractivity contribution in [1.82, 2.24) is 10.3 Å². The number of nitrogens with zero attached hydrogens (tertiary/aromatic N) is 2. The molecule has 2 heterocycles. The number of aromatic nitrogens is 1. The first kappa shape index (κ1) is 15.2. The van der Waals surface area contributed by atoms with E-state index in [4.69, 9.17) is 0 Å². The minimum atomic E-state index is -0.301. The van der Waals surface area contributed by atoms with Crippen LogP contribution in [-0.4, -0.2) is 23.3 Å². The lowest BCUT2D eigenvalue weighted by atomic mass is 10.1. The van der Waals surface area contributed by atoms with Crippen LogP contribution in [0, 0.1) is 12.8 Å². The van der Waals surface area contributed by atoms with Crippen molar-refractivity contribution in [2.75, 3.05) is 11.4 Å². The molecule has 1 saturated heterocycles. The van der Waals surface area contributed by atoms with Crippen LogP contribution in [0.4, 0.5) is 5.69 Å². The Hall–Kier alpha value is -2.69. The smallest absolute Gasteiger partial charge is 0.227 e. The molecule has 1 atom stereocenters. The van der Waals surface area contributed by atoms with E-state index in [0.29, 0.717) is 13.1 Å². The molecule has 0 saturated carbocycles. The molecule has 0 bridgehead atoms. The Balaban J connectivity index is 1.62. The van der Waals surface area contributed by atoms with E-state index in [2.05, 4.69) is 10.3 Å². The molecule has 2 aromatic rings. The summed E-state index contributed by atoms with van der Waals surface area (Å²) in [5.41, 5.74) is 2.95. The number of hydrogen-bond donors (Lipinski definition) is 1. The number of carbonyl (C=O) groups excluding carboxylic acids is 2. The number of amides is 2. The number of rotatable bonds is 4.